The zero-order valence-corrected chi connectivity index (χ0v) is 10.9. The number of oxime groups is 1. The summed E-state index contributed by atoms with van der Waals surface area (Å²) >= 11 is 0. The molecule has 0 radical (unpaired) electrons. The molecule has 1 saturated heterocycles. The van der Waals surface area contributed by atoms with Crippen molar-refractivity contribution < 1.29 is 9.23 Å². The number of halogens is 1. The summed E-state index contributed by atoms with van der Waals surface area (Å²) in [5, 5.41) is 7.46. The van der Waals surface area contributed by atoms with Gasteiger partial charge in [0.2, 0.25) is 0 Å². The van der Waals surface area contributed by atoms with E-state index in [0.29, 0.717) is 11.7 Å². The van der Waals surface area contributed by atoms with Crippen molar-refractivity contribution >= 4 is 5.71 Å². The van der Waals surface area contributed by atoms with Crippen LogP contribution in [0.25, 0.3) is 0 Å². The SMILES string of the molecule is C/C(=N\Oc1cc(F)ccc1C)C1CCNCC1. The average Bonchev–Trinajstić information content (AvgIpc) is 2.40. The fraction of sp³-hybridized carbons (Fsp3) is 0.500. The quantitative estimate of drug-likeness (QED) is 0.661. The van der Waals surface area contributed by atoms with E-state index < -0.39 is 0 Å². The van der Waals surface area contributed by atoms with Crippen molar-refractivity contribution in [1.29, 1.82) is 0 Å². The number of piperidine rings is 1. The molecule has 2 rings (SSSR count). The second kappa shape index (κ2) is 5.96. The Labute approximate surface area is 107 Å². The van der Waals surface area contributed by atoms with E-state index in [2.05, 4.69) is 10.5 Å². The molecule has 1 aliphatic heterocycles. The summed E-state index contributed by atoms with van der Waals surface area (Å²) in [5.74, 6) is 0.661. The van der Waals surface area contributed by atoms with Gasteiger partial charge in [-0.05, 0) is 51.4 Å². The topological polar surface area (TPSA) is 33.6 Å². The average molecular weight is 250 g/mol. The van der Waals surface area contributed by atoms with Crippen molar-refractivity contribution in [2.75, 3.05) is 13.1 Å². The molecule has 0 atom stereocenters. The highest BCUT2D eigenvalue weighted by Crippen LogP contribution is 2.20. The molecule has 1 aliphatic rings. The third-order valence-electron chi connectivity index (χ3n) is 3.37. The molecule has 0 bridgehead atoms. The lowest BCUT2D eigenvalue weighted by atomic mass is 9.94. The first-order valence-electron chi connectivity index (χ1n) is 6.35. The highest BCUT2D eigenvalue weighted by Gasteiger charge is 2.16. The Morgan fingerprint density at radius 2 is 2.11 bits per heavy atom. The van der Waals surface area contributed by atoms with E-state index in [4.69, 9.17) is 4.84 Å². The molecule has 0 amide bonds. The van der Waals surface area contributed by atoms with Crippen LogP contribution in [0.3, 0.4) is 0 Å². The maximum absolute atomic E-state index is 13.1. The normalized spacial score (nSPS) is 17.8. The number of hydrogen-bond donors (Lipinski definition) is 1. The molecule has 18 heavy (non-hydrogen) atoms. The smallest absolute Gasteiger partial charge is 0.163 e. The number of nitrogens with zero attached hydrogens (tertiary/aromatic N) is 1. The predicted octanol–water partition coefficient (Wildman–Crippen LogP) is 2.89. The molecular formula is C14H19FN2O. The maximum Gasteiger partial charge on any atom is 0.163 e. The van der Waals surface area contributed by atoms with Gasteiger partial charge in [0.05, 0.1) is 5.71 Å². The molecule has 1 heterocycles. The van der Waals surface area contributed by atoms with Crippen LogP contribution in [-0.2, 0) is 0 Å². The summed E-state index contributed by atoms with van der Waals surface area (Å²) in [6.45, 7) is 5.90. The van der Waals surface area contributed by atoms with Crippen LogP contribution in [0, 0.1) is 18.7 Å². The lowest BCUT2D eigenvalue weighted by Crippen LogP contribution is -2.31. The number of benzene rings is 1. The van der Waals surface area contributed by atoms with Gasteiger partial charge in [-0.3, -0.25) is 0 Å². The fourth-order valence-electron chi connectivity index (χ4n) is 2.11. The van der Waals surface area contributed by atoms with Crippen LogP contribution in [-0.4, -0.2) is 18.8 Å². The zero-order valence-electron chi connectivity index (χ0n) is 10.9. The van der Waals surface area contributed by atoms with Crippen LogP contribution in [0.5, 0.6) is 5.75 Å². The van der Waals surface area contributed by atoms with Gasteiger partial charge in [-0.2, -0.15) is 0 Å². The van der Waals surface area contributed by atoms with Gasteiger partial charge in [0.25, 0.3) is 0 Å². The van der Waals surface area contributed by atoms with E-state index in [1.165, 1.54) is 12.1 Å². The first-order chi connectivity index (χ1) is 8.66. The van der Waals surface area contributed by atoms with E-state index >= 15 is 0 Å². The number of nitrogens with one attached hydrogen (secondary N) is 1. The monoisotopic (exact) mass is 250 g/mol. The Balaban J connectivity index is 2.02. The van der Waals surface area contributed by atoms with E-state index in [0.717, 1.165) is 37.2 Å². The minimum Gasteiger partial charge on any atom is -0.357 e. The molecule has 98 valence electrons. The summed E-state index contributed by atoms with van der Waals surface area (Å²) in [5.41, 5.74) is 1.87. The number of rotatable bonds is 3. The third-order valence-corrected chi connectivity index (χ3v) is 3.37. The van der Waals surface area contributed by atoms with Crippen molar-refractivity contribution in [3.8, 4) is 5.75 Å². The predicted molar refractivity (Wildman–Crippen MR) is 70.5 cm³/mol. The minimum absolute atomic E-state index is 0.301. The van der Waals surface area contributed by atoms with Crippen LogP contribution in [0.4, 0.5) is 4.39 Å². The summed E-state index contributed by atoms with van der Waals surface area (Å²) in [4.78, 5) is 5.36. The Bertz CT molecular complexity index is 439. The number of aryl methyl sites for hydroxylation is 1. The van der Waals surface area contributed by atoms with Crippen LogP contribution in [0.15, 0.2) is 23.4 Å². The highest BCUT2D eigenvalue weighted by atomic mass is 19.1. The molecule has 1 aromatic carbocycles. The van der Waals surface area contributed by atoms with Gasteiger partial charge in [0.1, 0.15) is 5.82 Å². The summed E-state index contributed by atoms with van der Waals surface area (Å²) in [6.07, 6.45) is 2.17. The van der Waals surface area contributed by atoms with Gasteiger partial charge in [-0.1, -0.05) is 11.2 Å². The molecule has 3 nitrogen and oxygen atoms in total. The lowest BCUT2D eigenvalue weighted by Gasteiger charge is -2.21. The minimum atomic E-state index is -0.301. The molecule has 4 heteroatoms. The molecule has 1 fully saturated rings. The molecule has 0 aliphatic carbocycles. The van der Waals surface area contributed by atoms with Gasteiger partial charge in [-0.25, -0.2) is 4.39 Å². The van der Waals surface area contributed by atoms with E-state index in [1.54, 1.807) is 6.07 Å². The van der Waals surface area contributed by atoms with Crippen molar-refractivity contribution in [2.45, 2.75) is 26.7 Å². The van der Waals surface area contributed by atoms with Gasteiger partial charge >= 0.3 is 0 Å². The van der Waals surface area contributed by atoms with Crippen molar-refractivity contribution in [1.82, 2.24) is 5.32 Å². The Hall–Kier alpha value is -1.42. The largest absolute Gasteiger partial charge is 0.357 e. The summed E-state index contributed by atoms with van der Waals surface area (Å²) in [7, 11) is 0. The standard InChI is InChI=1S/C14H19FN2O/c1-10-3-4-13(15)9-14(10)18-17-11(2)12-5-7-16-8-6-12/h3-4,9,12,16H,5-8H2,1-2H3/b17-11+. The zero-order chi connectivity index (χ0) is 13.0. The van der Waals surface area contributed by atoms with E-state index in [-0.39, 0.29) is 5.82 Å². The summed E-state index contributed by atoms with van der Waals surface area (Å²) < 4.78 is 13.1. The lowest BCUT2D eigenvalue weighted by molar-refractivity contribution is 0.328. The van der Waals surface area contributed by atoms with Crippen LogP contribution >= 0.6 is 0 Å². The van der Waals surface area contributed by atoms with Gasteiger partial charge in [-0.15, -0.1) is 0 Å². The second-order valence-corrected chi connectivity index (χ2v) is 4.76. The molecule has 0 saturated carbocycles. The van der Waals surface area contributed by atoms with Gasteiger partial charge < -0.3 is 10.2 Å². The van der Waals surface area contributed by atoms with Crippen LogP contribution in [0.2, 0.25) is 0 Å². The molecule has 0 aromatic heterocycles. The summed E-state index contributed by atoms with van der Waals surface area (Å²) in [6, 6.07) is 4.49. The highest BCUT2D eigenvalue weighted by molar-refractivity contribution is 5.84. The Morgan fingerprint density at radius 1 is 1.39 bits per heavy atom. The molecule has 1 N–H and O–H groups in total. The van der Waals surface area contributed by atoms with Crippen LogP contribution < -0.4 is 10.2 Å². The molecule has 1 aromatic rings. The Kier molecular flexibility index (Phi) is 4.31. The first-order valence-corrected chi connectivity index (χ1v) is 6.35. The van der Waals surface area contributed by atoms with Crippen molar-refractivity contribution in [2.24, 2.45) is 11.1 Å². The van der Waals surface area contributed by atoms with Gasteiger partial charge in [0, 0.05) is 12.0 Å². The third kappa shape index (κ3) is 3.29. The van der Waals surface area contributed by atoms with Crippen molar-refractivity contribution in [3.63, 3.8) is 0 Å². The van der Waals surface area contributed by atoms with Crippen molar-refractivity contribution in [3.05, 3.63) is 29.6 Å². The van der Waals surface area contributed by atoms with Gasteiger partial charge in [0.15, 0.2) is 5.75 Å². The molecule has 0 unspecified atom stereocenters. The maximum atomic E-state index is 13.1. The van der Waals surface area contributed by atoms with E-state index in [1.807, 2.05) is 13.8 Å². The molecular weight excluding hydrogens is 231 g/mol. The molecule has 0 spiro atoms. The first kappa shape index (κ1) is 13.0. The fourth-order valence-corrected chi connectivity index (χ4v) is 2.11. The van der Waals surface area contributed by atoms with E-state index in [9.17, 15) is 4.39 Å². The van der Waals surface area contributed by atoms with Crippen LogP contribution in [0.1, 0.15) is 25.3 Å². The Morgan fingerprint density at radius 3 is 2.83 bits per heavy atom. The number of hydrogen-bond acceptors (Lipinski definition) is 3. The second-order valence-electron chi connectivity index (χ2n) is 4.76.